The van der Waals surface area contributed by atoms with Crippen LogP contribution in [-0.4, -0.2) is 36.0 Å². The second kappa shape index (κ2) is 7.84. The Morgan fingerprint density at radius 2 is 2.04 bits per heavy atom. The number of likely N-dealkylation sites (tertiary alicyclic amines) is 1. The van der Waals surface area contributed by atoms with E-state index in [1.54, 1.807) is 0 Å². The second-order valence-electron chi connectivity index (χ2n) is 5.87. The highest BCUT2D eigenvalue weighted by atomic mass is 19.4. The summed E-state index contributed by atoms with van der Waals surface area (Å²) in [5, 5.41) is 0. The van der Waals surface area contributed by atoms with Crippen LogP contribution in [0.2, 0.25) is 0 Å². The molecule has 0 bridgehead atoms. The lowest BCUT2D eigenvalue weighted by Gasteiger charge is -2.24. The first-order valence-corrected chi connectivity index (χ1v) is 8.10. The number of amides is 1. The van der Waals surface area contributed by atoms with Crippen molar-refractivity contribution < 1.29 is 31.9 Å². The van der Waals surface area contributed by atoms with Gasteiger partial charge in [-0.2, -0.15) is 13.2 Å². The van der Waals surface area contributed by atoms with Crippen molar-refractivity contribution in [1.82, 2.24) is 4.90 Å². The molecule has 1 fully saturated rings. The quantitative estimate of drug-likeness (QED) is 0.455. The number of hydrogen-bond donors (Lipinski definition) is 0. The molecule has 0 aromatic heterocycles. The maximum Gasteiger partial charge on any atom is 0.416 e. The van der Waals surface area contributed by atoms with E-state index in [-0.39, 0.29) is 13.2 Å². The van der Waals surface area contributed by atoms with E-state index in [1.807, 2.05) is 6.92 Å². The van der Waals surface area contributed by atoms with E-state index in [1.165, 1.54) is 0 Å². The Morgan fingerprint density at radius 1 is 1.32 bits per heavy atom. The molecule has 25 heavy (non-hydrogen) atoms. The fourth-order valence-corrected chi connectivity index (χ4v) is 2.69. The molecule has 1 aromatic carbocycles. The van der Waals surface area contributed by atoms with Gasteiger partial charge in [-0.3, -0.25) is 4.79 Å². The number of rotatable bonds is 5. The summed E-state index contributed by atoms with van der Waals surface area (Å²) in [4.78, 5) is 25.7. The molecule has 1 aromatic rings. The first-order valence-electron chi connectivity index (χ1n) is 8.10. The van der Waals surface area contributed by atoms with Crippen molar-refractivity contribution in [1.29, 1.82) is 0 Å². The minimum Gasteiger partial charge on any atom is -0.464 e. The van der Waals surface area contributed by atoms with Gasteiger partial charge in [0.2, 0.25) is 0 Å². The third kappa shape index (κ3) is 4.49. The predicted molar refractivity (Wildman–Crippen MR) is 81.3 cm³/mol. The molecule has 0 aliphatic carbocycles. The fraction of sp³-hybridized carbons (Fsp3) is 0.529. The van der Waals surface area contributed by atoms with Gasteiger partial charge in [-0.15, -0.1) is 0 Å². The molecule has 1 aliphatic rings. The number of nitrogens with zero attached hydrogens (tertiary/aromatic N) is 1. The normalized spacial score (nSPS) is 17.6. The van der Waals surface area contributed by atoms with E-state index >= 15 is 0 Å². The summed E-state index contributed by atoms with van der Waals surface area (Å²) in [6, 6.07) is 0.779. The van der Waals surface area contributed by atoms with E-state index < -0.39 is 41.0 Å². The van der Waals surface area contributed by atoms with Gasteiger partial charge in [0.05, 0.1) is 17.7 Å². The topological polar surface area (TPSA) is 46.6 Å². The van der Waals surface area contributed by atoms with Crippen LogP contribution >= 0.6 is 0 Å². The van der Waals surface area contributed by atoms with Gasteiger partial charge in [-0.1, -0.05) is 13.3 Å². The number of halogens is 4. The summed E-state index contributed by atoms with van der Waals surface area (Å²) in [6.07, 6.45) is -2.34. The first-order chi connectivity index (χ1) is 11.8. The summed E-state index contributed by atoms with van der Waals surface area (Å²) in [5.74, 6) is -2.59. The number of carbonyl (C=O) groups excluding carboxylic acids is 2. The zero-order valence-electron chi connectivity index (χ0n) is 13.7. The van der Waals surface area contributed by atoms with E-state index in [0.29, 0.717) is 37.5 Å². The molecule has 1 atom stereocenters. The highest BCUT2D eigenvalue weighted by molar-refractivity contribution is 5.97. The Kier molecular flexibility index (Phi) is 6.02. The monoisotopic (exact) mass is 361 g/mol. The van der Waals surface area contributed by atoms with Crippen molar-refractivity contribution in [2.24, 2.45) is 0 Å². The molecule has 1 aliphatic heterocycles. The van der Waals surface area contributed by atoms with Gasteiger partial charge in [-0.25, -0.2) is 9.18 Å². The van der Waals surface area contributed by atoms with Crippen LogP contribution in [0.3, 0.4) is 0 Å². The molecular weight excluding hydrogens is 342 g/mol. The smallest absolute Gasteiger partial charge is 0.416 e. The van der Waals surface area contributed by atoms with Gasteiger partial charge in [-0.05, 0) is 37.5 Å². The molecule has 0 saturated carbocycles. The summed E-state index contributed by atoms with van der Waals surface area (Å²) < 4.78 is 57.4. The van der Waals surface area contributed by atoms with Crippen molar-refractivity contribution in [3.05, 3.63) is 35.1 Å². The Labute approximate surface area is 142 Å². The molecular formula is C17H19F4NO3. The van der Waals surface area contributed by atoms with Gasteiger partial charge in [0.15, 0.2) is 0 Å². The summed E-state index contributed by atoms with van der Waals surface area (Å²) in [6.45, 7) is 2.31. The molecule has 8 heteroatoms. The van der Waals surface area contributed by atoms with Crippen LogP contribution in [0.1, 0.15) is 48.5 Å². The van der Waals surface area contributed by atoms with Crippen LogP contribution in [0.4, 0.5) is 17.6 Å². The van der Waals surface area contributed by atoms with Crippen molar-refractivity contribution in [2.45, 2.75) is 44.8 Å². The summed E-state index contributed by atoms with van der Waals surface area (Å²) in [5.41, 5.74) is -1.80. The van der Waals surface area contributed by atoms with Crippen LogP contribution in [-0.2, 0) is 15.7 Å². The second-order valence-corrected chi connectivity index (χ2v) is 5.87. The van der Waals surface area contributed by atoms with Crippen LogP contribution in [0.15, 0.2) is 18.2 Å². The Morgan fingerprint density at radius 3 is 2.68 bits per heavy atom. The number of alkyl halides is 3. The van der Waals surface area contributed by atoms with Gasteiger partial charge >= 0.3 is 12.1 Å². The Balaban J connectivity index is 2.20. The zero-order chi connectivity index (χ0) is 18.6. The number of ether oxygens (including phenoxy) is 1. The van der Waals surface area contributed by atoms with Crippen molar-refractivity contribution in [3.63, 3.8) is 0 Å². The minimum atomic E-state index is -4.69. The van der Waals surface area contributed by atoms with Gasteiger partial charge in [0.25, 0.3) is 5.91 Å². The number of esters is 1. The maximum atomic E-state index is 13.9. The Bertz CT molecular complexity index is 645. The first kappa shape index (κ1) is 19.2. The number of carbonyl (C=O) groups is 2. The third-order valence-corrected chi connectivity index (χ3v) is 4.05. The lowest BCUT2D eigenvalue weighted by Crippen LogP contribution is -2.41. The van der Waals surface area contributed by atoms with Crippen LogP contribution < -0.4 is 0 Å². The standard InChI is InChI=1S/C17H19F4NO3/c1-2-3-9-25-16(24)14-5-4-8-22(14)15(23)12-10-11(17(19,20)21)6-7-13(12)18/h6-7,10,14H,2-5,8-9H2,1H3. The minimum absolute atomic E-state index is 0.169. The highest BCUT2D eigenvalue weighted by Crippen LogP contribution is 2.31. The van der Waals surface area contributed by atoms with Gasteiger partial charge in [0, 0.05) is 6.54 Å². The SMILES string of the molecule is CCCCOC(=O)C1CCCN1C(=O)c1cc(C(F)(F)F)ccc1F. The Hall–Kier alpha value is -2.12. The van der Waals surface area contributed by atoms with E-state index in [0.717, 1.165) is 11.3 Å². The highest BCUT2D eigenvalue weighted by Gasteiger charge is 2.38. The number of unbranched alkanes of at least 4 members (excludes halogenated alkanes) is 1. The number of hydrogen-bond acceptors (Lipinski definition) is 3. The van der Waals surface area contributed by atoms with E-state index in [2.05, 4.69) is 0 Å². The van der Waals surface area contributed by atoms with Crippen LogP contribution in [0.25, 0.3) is 0 Å². The zero-order valence-corrected chi connectivity index (χ0v) is 13.7. The fourth-order valence-electron chi connectivity index (χ4n) is 2.69. The predicted octanol–water partition coefficient (Wildman–Crippen LogP) is 3.79. The molecule has 1 amide bonds. The number of benzene rings is 1. The van der Waals surface area contributed by atoms with Crippen LogP contribution in [0, 0.1) is 5.82 Å². The van der Waals surface area contributed by atoms with Crippen molar-refractivity contribution >= 4 is 11.9 Å². The van der Waals surface area contributed by atoms with E-state index in [9.17, 15) is 27.2 Å². The molecule has 1 heterocycles. The molecule has 4 nitrogen and oxygen atoms in total. The lowest BCUT2D eigenvalue weighted by molar-refractivity contribution is -0.148. The molecule has 138 valence electrons. The van der Waals surface area contributed by atoms with Crippen molar-refractivity contribution in [3.8, 4) is 0 Å². The molecule has 0 radical (unpaired) electrons. The maximum absolute atomic E-state index is 13.9. The average Bonchev–Trinajstić information content (AvgIpc) is 3.03. The van der Waals surface area contributed by atoms with E-state index in [4.69, 9.17) is 4.74 Å². The van der Waals surface area contributed by atoms with Crippen molar-refractivity contribution in [2.75, 3.05) is 13.2 Å². The van der Waals surface area contributed by atoms with Gasteiger partial charge in [0.1, 0.15) is 11.9 Å². The third-order valence-electron chi connectivity index (χ3n) is 4.05. The molecule has 1 unspecified atom stereocenters. The summed E-state index contributed by atoms with van der Waals surface area (Å²) in [7, 11) is 0. The molecule has 0 spiro atoms. The molecule has 1 saturated heterocycles. The largest absolute Gasteiger partial charge is 0.464 e. The lowest BCUT2D eigenvalue weighted by atomic mass is 10.1. The summed E-state index contributed by atoms with van der Waals surface area (Å²) >= 11 is 0. The molecule has 2 rings (SSSR count). The van der Waals surface area contributed by atoms with Crippen LogP contribution in [0.5, 0.6) is 0 Å². The van der Waals surface area contributed by atoms with Gasteiger partial charge < -0.3 is 9.64 Å². The average molecular weight is 361 g/mol. The molecule has 0 N–H and O–H groups in total.